The van der Waals surface area contributed by atoms with Crippen molar-refractivity contribution >= 4 is 22.9 Å². The molecule has 7 heteroatoms. The van der Waals surface area contributed by atoms with Crippen molar-refractivity contribution in [3.8, 4) is 0 Å². The molecule has 5 rings (SSSR count). The van der Waals surface area contributed by atoms with E-state index >= 15 is 8.78 Å². The molecule has 1 aromatic heterocycles. The highest BCUT2D eigenvalue weighted by molar-refractivity contribution is 5.86. The number of carbonyl (C=O) groups is 1. The maximum absolute atomic E-state index is 15.6. The van der Waals surface area contributed by atoms with Crippen LogP contribution in [0, 0.1) is 11.6 Å². The Hall–Kier alpha value is -3.03. The molecule has 0 spiro atoms. The van der Waals surface area contributed by atoms with Crippen LogP contribution in [0.4, 0.5) is 8.78 Å². The summed E-state index contributed by atoms with van der Waals surface area (Å²) < 4.78 is 36.7. The molecule has 0 aliphatic carbocycles. The van der Waals surface area contributed by atoms with Gasteiger partial charge in [0, 0.05) is 53.5 Å². The minimum Gasteiger partial charge on any atom is -0.478 e. The lowest BCUT2D eigenvalue weighted by Gasteiger charge is -2.46. The van der Waals surface area contributed by atoms with Gasteiger partial charge in [-0.1, -0.05) is 18.2 Å². The second-order valence-corrected chi connectivity index (χ2v) is 8.88. The van der Waals surface area contributed by atoms with E-state index in [1.54, 1.807) is 0 Å². The fraction of sp³-hybridized carbons (Fsp3) is 0.346. The highest BCUT2D eigenvalue weighted by Crippen LogP contribution is 2.44. The standard InChI is InChI=1S/C26H26F2N2O3/c1-15-12-19-18-4-2-3-5-22(18)29-25(19)26(30(15)17-8-10-33-11-9-17)24-20(27)13-16(14-21(24)28)6-7-23(31)32/h2-7,13-15,17,26,29H,8-12H2,1H3,(H,31,32)/b7-6+. The number of aromatic nitrogens is 1. The highest BCUT2D eigenvalue weighted by atomic mass is 19.1. The summed E-state index contributed by atoms with van der Waals surface area (Å²) >= 11 is 0. The quantitative estimate of drug-likeness (QED) is 0.543. The zero-order valence-corrected chi connectivity index (χ0v) is 18.4. The molecule has 1 fully saturated rings. The Kier molecular flexibility index (Phi) is 5.76. The summed E-state index contributed by atoms with van der Waals surface area (Å²) in [6, 6.07) is 9.99. The largest absolute Gasteiger partial charge is 0.478 e. The van der Waals surface area contributed by atoms with Crippen LogP contribution < -0.4 is 0 Å². The van der Waals surface area contributed by atoms with Gasteiger partial charge in [0.25, 0.3) is 0 Å². The van der Waals surface area contributed by atoms with E-state index in [9.17, 15) is 4.79 Å². The van der Waals surface area contributed by atoms with Gasteiger partial charge in [-0.05, 0) is 61.6 Å². The summed E-state index contributed by atoms with van der Waals surface area (Å²) in [5, 5.41) is 9.94. The lowest BCUT2D eigenvalue weighted by Crippen LogP contribution is -2.50. The zero-order valence-electron chi connectivity index (χ0n) is 18.4. The van der Waals surface area contributed by atoms with E-state index in [0.29, 0.717) is 13.2 Å². The minimum absolute atomic E-state index is 0.00618. The molecule has 3 aromatic rings. The van der Waals surface area contributed by atoms with Crippen LogP contribution in [0.25, 0.3) is 17.0 Å². The third-order valence-electron chi connectivity index (χ3n) is 6.83. The lowest BCUT2D eigenvalue weighted by atomic mass is 9.85. The van der Waals surface area contributed by atoms with E-state index in [-0.39, 0.29) is 23.2 Å². The Labute approximate surface area is 190 Å². The van der Waals surface area contributed by atoms with Crippen molar-refractivity contribution in [1.29, 1.82) is 0 Å². The average Bonchev–Trinajstić information content (AvgIpc) is 3.16. The van der Waals surface area contributed by atoms with Gasteiger partial charge in [0.05, 0.1) is 6.04 Å². The Morgan fingerprint density at radius 2 is 1.88 bits per heavy atom. The summed E-state index contributed by atoms with van der Waals surface area (Å²) in [7, 11) is 0. The fourth-order valence-corrected chi connectivity index (χ4v) is 5.45. The second-order valence-electron chi connectivity index (χ2n) is 8.88. The molecule has 0 bridgehead atoms. The Balaban J connectivity index is 1.69. The first-order valence-electron chi connectivity index (χ1n) is 11.3. The SMILES string of the molecule is CC1Cc2c([nH]c3ccccc23)C(c2c(F)cc(/C=C/C(=O)O)cc2F)N1C1CCOCC1. The number of benzene rings is 2. The van der Waals surface area contributed by atoms with E-state index in [1.165, 1.54) is 18.2 Å². The van der Waals surface area contributed by atoms with Crippen LogP contribution in [0.15, 0.2) is 42.5 Å². The number of carboxylic acids is 1. The van der Waals surface area contributed by atoms with Gasteiger partial charge in [0.15, 0.2) is 0 Å². The number of ether oxygens (including phenoxy) is 1. The number of aliphatic carboxylic acids is 1. The van der Waals surface area contributed by atoms with E-state index in [0.717, 1.165) is 47.5 Å². The number of para-hydroxylation sites is 1. The average molecular weight is 453 g/mol. The number of fused-ring (bicyclic) bond motifs is 3. The van der Waals surface area contributed by atoms with Crippen LogP contribution >= 0.6 is 0 Å². The highest BCUT2D eigenvalue weighted by Gasteiger charge is 2.42. The fourth-order valence-electron chi connectivity index (χ4n) is 5.45. The van der Waals surface area contributed by atoms with Crippen molar-refractivity contribution in [2.45, 2.75) is 44.3 Å². The number of carboxylic acid groups (broad SMARTS) is 1. The minimum atomic E-state index is -1.17. The lowest BCUT2D eigenvalue weighted by molar-refractivity contribution is -0.131. The second kappa shape index (κ2) is 8.72. The maximum atomic E-state index is 15.6. The number of halogens is 2. The van der Waals surface area contributed by atoms with Crippen molar-refractivity contribution in [3.63, 3.8) is 0 Å². The smallest absolute Gasteiger partial charge is 0.328 e. The number of H-pyrrole nitrogens is 1. The molecule has 1 saturated heterocycles. The number of rotatable bonds is 4. The Morgan fingerprint density at radius 1 is 1.18 bits per heavy atom. The summed E-state index contributed by atoms with van der Waals surface area (Å²) in [4.78, 5) is 16.5. The van der Waals surface area contributed by atoms with Gasteiger partial charge in [0.1, 0.15) is 11.6 Å². The van der Waals surface area contributed by atoms with E-state index in [1.807, 2.05) is 24.3 Å². The zero-order chi connectivity index (χ0) is 23.1. The molecule has 5 nitrogen and oxygen atoms in total. The van der Waals surface area contributed by atoms with Gasteiger partial charge in [0.2, 0.25) is 0 Å². The number of nitrogens with zero attached hydrogens (tertiary/aromatic N) is 1. The van der Waals surface area contributed by atoms with Crippen molar-refractivity contribution < 1.29 is 23.4 Å². The number of aromatic amines is 1. The van der Waals surface area contributed by atoms with Gasteiger partial charge >= 0.3 is 5.97 Å². The molecule has 0 amide bonds. The molecule has 2 aliphatic rings. The molecule has 2 N–H and O–H groups in total. The van der Waals surface area contributed by atoms with Crippen molar-refractivity contribution in [2.75, 3.05) is 13.2 Å². The van der Waals surface area contributed by atoms with Crippen LogP contribution in [0.1, 0.15) is 48.2 Å². The topological polar surface area (TPSA) is 65.6 Å². The predicted octanol–water partition coefficient (Wildman–Crippen LogP) is 5.06. The molecule has 2 aliphatic heterocycles. The summed E-state index contributed by atoms with van der Waals surface area (Å²) in [6.07, 6.45) is 4.47. The van der Waals surface area contributed by atoms with Crippen molar-refractivity contribution in [1.82, 2.24) is 9.88 Å². The first-order chi connectivity index (χ1) is 15.9. The summed E-state index contributed by atoms with van der Waals surface area (Å²) in [5.41, 5.74) is 3.05. The molecule has 0 radical (unpaired) electrons. The number of hydrogen-bond acceptors (Lipinski definition) is 3. The predicted molar refractivity (Wildman–Crippen MR) is 122 cm³/mol. The molecule has 0 saturated carbocycles. The molecular weight excluding hydrogens is 426 g/mol. The van der Waals surface area contributed by atoms with Crippen LogP contribution in [0.5, 0.6) is 0 Å². The third-order valence-corrected chi connectivity index (χ3v) is 6.83. The van der Waals surface area contributed by atoms with E-state index < -0.39 is 23.6 Å². The Morgan fingerprint density at radius 3 is 2.58 bits per heavy atom. The van der Waals surface area contributed by atoms with Crippen LogP contribution in [-0.2, 0) is 16.0 Å². The first kappa shape index (κ1) is 21.8. The molecule has 2 aromatic carbocycles. The van der Waals surface area contributed by atoms with E-state index in [4.69, 9.17) is 9.84 Å². The summed E-state index contributed by atoms with van der Waals surface area (Å²) in [5.74, 6) is -2.53. The molecular formula is C26H26F2N2O3. The first-order valence-corrected chi connectivity index (χ1v) is 11.3. The number of hydrogen-bond donors (Lipinski definition) is 2. The monoisotopic (exact) mass is 452 g/mol. The van der Waals surface area contributed by atoms with E-state index in [2.05, 4.69) is 16.8 Å². The van der Waals surface area contributed by atoms with Crippen LogP contribution in [-0.4, -0.2) is 46.3 Å². The molecule has 33 heavy (non-hydrogen) atoms. The van der Waals surface area contributed by atoms with Gasteiger partial charge in [-0.15, -0.1) is 0 Å². The Bertz CT molecular complexity index is 1210. The van der Waals surface area contributed by atoms with Gasteiger partial charge in [-0.3, -0.25) is 4.90 Å². The summed E-state index contributed by atoms with van der Waals surface area (Å²) in [6.45, 7) is 3.38. The number of nitrogens with one attached hydrogen (secondary N) is 1. The van der Waals surface area contributed by atoms with Gasteiger partial charge < -0.3 is 14.8 Å². The van der Waals surface area contributed by atoms with Gasteiger partial charge in [-0.2, -0.15) is 0 Å². The van der Waals surface area contributed by atoms with Crippen molar-refractivity contribution in [3.05, 3.63) is 76.5 Å². The van der Waals surface area contributed by atoms with Crippen LogP contribution in [0.3, 0.4) is 0 Å². The molecule has 2 atom stereocenters. The molecule has 3 heterocycles. The van der Waals surface area contributed by atoms with Gasteiger partial charge in [-0.25, -0.2) is 13.6 Å². The van der Waals surface area contributed by atoms with Crippen molar-refractivity contribution in [2.24, 2.45) is 0 Å². The van der Waals surface area contributed by atoms with Crippen LogP contribution in [0.2, 0.25) is 0 Å². The third kappa shape index (κ3) is 3.96. The molecule has 2 unspecified atom stereocenters. The maximum Gasteiger partial charge on any atom is 0.328 e. The normalized spacial score (nSPS) is 22.2. The molecule has 172 valence electrons.